The average molecular weight is 465 g/mol. The molecule has 1 aromatic rings. The van der Waals surface area contributed by atoms with Crippen LogP contribution in [0.1, 0.15) is 59.8 Å². The zero-order valence-electron chi connectivity index (χ0n) is 19.8. The molecule has 0 aliphatic heterocycles. The molecule has 0 heterocycles. The van der Waals surface area contributed by atoms with Gasteiger partial charge in [-0.15, -0.1) is 0 Å². The van der Waals surface area contributed by atoms with Crippen molar-refractivity contribution < 1.29 is 28.6 Å². The van der Waals surface area contributed by atoms with Crippen molar-refractivity contribution in [3.05, 3.63) is 41.3 Å². The Morgan fingerprint density at radius 1 is 1.00 bits per heavy atom. The van der Waals surface area contributed by atoms with Crippen molar-refractivity contribution in [3.8, 4) is 0 Å². The molecule has 0 unspecified atom stereocenters. The van der Waals surface area contributed by atoms with E-state index in [0.29, 0.717) is 37.7 Å². The van der Waals surface area contributed by atoms with Crippen molar-refractivity contribution in [1.29, 1.82) is 0 Å². The molecule has 2 atom stereocenters. The molecule has 0 saturated carbocycles. The van der Waals surface area contributed by atoms with Crippen LogP contribution in [0.15, 0.2) is 46.2 Å². The summed E-state index contributed by atoms with van der Waals surface area (Å²) in [6, 6.07) is 9.93. The molecule has 0 aromatic heterocycles. The fourth-order valence-electron chi connectivity index (χ4n) is 3.31. The van der Waals surface area contributed by atoms with Gasteiger partial charge in [0.1, 0.15) is 6.10 Å². The summed E-state index contributed by atoms with van der Waals surface area (Å²) in [5.74, 6) is -0.307. The maximum Gasteiger partial charge on any atom is 0.331 e. The fraction of sp³-hybridized carbons (Fsp3) is 0.560. The van der Waals surface area contributed by atoms with Crippen LogP contribution < -0.4 is 0 Å². The molecule has 0 spiro atoms. The third kappa shape index (κ3) is 12.5. The summed E-state index contributed by atoms with van der Waals surface area (Å²) in [5.41, 5.74) is 0. The van der Waals surface area contributed by atoms with E-state index in [1.807, 2.05) is 30.3 Å². The number of carbonyl (C=O) groups excluding carboxylic acids is 3. The van der Waals surface area contributed by atoms with Crippen molar-refractivity contribution in [2.75, 3.05) is 13.7 Å². The van der Waals surface area contributed by atoms with Gasteiger partial charge in [0.2, 0.25) is 0 Å². The van der Waals surface area contributed by atoms with Gasteiger partial charge in [-0.3, -0.25) is 9.59 Å². The Morgan fingerprint density at radius 2 is 1.69 bits per heavy atom. The van der Waals surface area contributed by atoms with E-state index in [4.69, 9.17) is 14.2 Å². The number of benzene rings is 1. The zero-order valence-corrected chi connectivity index (χ0v) is 20.6. The molecule has 32 heavy (non-hydrogen) atoms. The number of ether oxygens (including phenoxy) is 3. The number of methoxy groups -OCH3 is 1. The van der Waals surface area contributed by atoms with Gasteiger partial charge in [0.25, 0.3) is 0 Å². The van der Waals surface area contributed by atoms with Crippen molar-refractivity contribution >= 4 is 29.7 Å². The lowest BCUT2D eigenvalue weighted by molar-refractivity contribution is -0.148. The van der Waals surface area contributed by atoms with E-state index in [1.165, 1.54) is 21.0 Å². The minimum atomic E-state index is -0.366. The van der Waals surface area contributed by atoms with Crippen molar-refractivity contribution in [1.82, 2.24) is 0 Å². The fourth-order valence-corrected chi connectivity index (χ4v) is 4.36. The van der Waals surface area contributed by atoms with E-state index in [0.717, 1.165) is 22.6 Å². The van der Waals surface area contributed by atoms with Gasteiger partial charge in [-0.25, -0.2) is 4.79 Å². The monoisotopic (exact) mass is 464 g/mol. The van der Waals surface area contributed by atoms with Crippen LogP contribution in [0.25, 0.3) is 0 Å². The number of carbonyl (C=O) groups is 3. The highest BCUT2D eigenvalue weighted by Crippen LogP contribution is 2.35. The van der Waals surface area contributed by atoms with Gasteiger partial charge in [0.05, 0.1) is 13.7 Å². The van der Waals surface area contributed by atoms with Gasteiger partial charge in [-0.05, 0) is 61.0 Å². The van der Waals surface area contributed by atoms with E-state index in [2.05, 4.69) is 13.8 Å². The Hall–Kier alpha value is -2.28. The second-order valence-corrected chi connectivity index (χ2v) is 9.25. The largest absolute Gasteiger partial charge is 0.466 e. The molecular formula is C25H36O6S. The minimum Gasteiger partial charge on any atom is -0.466 e. The molecule has 178 valence electrons. The number of esters is 3. The van der Waals surface area contributed by atoms with Crippen molar-refractivity contribution in [2.45, 2.75) is 70.8 Å². The number of thioether (sulfide) groups is 1. The lowest BCUT2D eigenvalue weighted by atomic mass is 9.86. The zero-order chi connectivity index (χ0) is 23.9. The van der Waals surface area contributed by atoms with E-state index < -0.39 is 0 Å². The van der Waals surface area contributed by atoms with E-state index >= 15 is 0 Å². The van der Waals surface area contributed by atoms with E-state index in [9.17, 15) is 14.4 Å². The summed E-state index contributed by atoms with van der Waals surface area (Å²) in [7, 11) is 1.38. The van der Waals surface area contributed by atoms with Crippen LogP contribution in [-0.2, 0) is 28.6 Å². The molecule has 0 amide bonds. The molecule has 0 radical (unpaired) electrons. The smallest absolute Gasteiger partial charge is 0.331 e. The highest BCUT2D eigenvalue weighted by molar-refractivity contribution is 8.03. The molecule has 6 nitrogen and oxygen atoms in total. The molecule has 1 rings (SSSR count). The standard InChI is InChI=1S/C25H36O6S/c1-18(2)21(13-14-22(31-20(4)27)10-9-15-30-19(3)26)16-24(17-25(28)29-5)32-23-11-7-6-8-12-23/h6-8,11-12,17-18,21-22H,9-10,13-16H2,1-5H3/b24-17+/t21-,22+/m1/s1. The minimum absolute atomic E-state index is 0.223. The van der Waals surface area contributed by atoms with E-state index in [-0.39, 0.29) is 24.0 Å². The third-order valence-corrected chi connectivity index (χ3v) is 6.10. The number of rotatable bonds is 14. The van der Waals surface area contributed by atoms with Crippen LogP contribution in [0.4, 0.5) is 0 Å². The Morgan fingerprint density at radius 3 is 2.25 bits per heavy atom. The molecular weight excluding hydrogens is 428 g/mol. The molecule has 0 aliphatic carbocycles. The van der Waals surface area contributed by atoms with Gasteiger partial charge in [0.15, 0.2) is 0 Å². The Kier molecular flexibility index (Phi) is 13.5. The highest BCUT2D eigenvalue weighted by Gasteiger charge is 2.21. The topological polar surface area (TPSA) is 78.9 Å². The van der Waals surface area contributed by atoms with E-state index in [1.54, 1.807) is 17.8 Å². The van der Waals surface area contributed by atoms with Crippen LogP contribution in [-0.4, -0.2) is 37.7 Å². The summed E-state index contributed by atoms with van der Waals surface area (Å²) in [5, 5.41) is 0. The molecule has 7 heteroatoms. The first kappa shape index (κ1) is 27.8. The van der Waals surface area contributed by atoms with Gasteiger partial charge >= 0.3 is 17.9 Å². The van der Waals surface area contributed by atoms with Gasteiger partial charge in [-0.1, -0.05) is 43.8 Å². The summed E-state index contributed by atoms with van der Waals surface area (Å²) in [6.07, 6.45) is 4.91. The quantitative estimate of drug-likeness (QED) is 0.117. The van der Waals surface area contributed by atoms with Crippen molar-refractivity contribution in [2.24, 2.45) is 11.8 Å². The SMILES string of the molecule is COC(=O)/C=C(\C[C@@H](CC[C@H](CCCOC(C)=O)OC(C)=O)C(C)C)Sc1ccccc1. The molecule has 0 N–H and O–H groups in total. The van der Waals surface area contributed by atoms with Gasteiger partial charge in [0, 0.05) is 24.8 Å². The highest BCUT2D eigenvalue weighted by atomic mass is 32.2. The molecule has 0 bridgehead atoms. The first-order chi connectivity index (χ1) is 15.2. The Bertz CT molecular complexity index is 744. The second-order valence-electron chi connectivity index (χ2n) is 8.05. The maximum atomic E-state index is 11.9. The predicted molar refractivity (Wildman–Crippen MR) is 126 cm³/mol. The lowest BCUT2D eigenvalue weighted by Crippen LogP contribution is -2.20. The number of allylic oxidation sites excluding steroid dienone is 1. The molecule has 0 fully saturated rings. The average Bonchev–Trinajstić information content (AvgIpc) is 2.73. The van der Waals surface area contributed by atoms with Crippen LogP contribution >= 0.6 is 11.8 Å². The first-order valence-electron chi connectivity index (χ1n) is 11.0. The Balaban J connectivity index is 2.81. The maximum absolute atomic E-state index is 11.9. The summed E-state index contributed by atoms with van der Waals surface area (Å²) >= 11 is 1.57. The normalized spacial score (nSPS) is 13.4. The summed E-state index contributed by atoms with van der Waals surface area (Å²) in [6.45, 7) is 7.43. The van der Waals surface area contributed by atoms with Gasteiger partial charge in [-0.2, -0.15) is 0 Å². The molecule has 0 saturated heterocycles. The molecule has 1 aromatic carbocycles. The van der Waals surface area contributed by atoms with Crippen LogP contribution in [0.5, 0.6) is 0 Å². The van der Waals surface area contributed by atoms with Crippen LogP contribution in [0.3, 0.4) is 0 Å². The second kappa shape index (κ2) is 15.5. The summed E-state index contributed by atoms with van der Waals surface area (Å²) < 4.78 is 15.3. The summed E-state index contributed by atoms with van der Waals surface area (Å²) in [4.78, 5) is 36.4. The lowest BCUT2D eigenvalue weighted by Gasteiger charge is -2.25. The Labute approximate surface area is 196 Å². The van der Waals surface area contributed by atoms with Gasteiger partial charge < -0.3 is 14.2 Å². The predicted octanol–water partition coefficient (Wildman–Crippen LogP) is 5.55. The van der Waals surface area contributed by atoms with Crippen LogP contribution in [0.2, 0.25) is 0 Å². The molecule has 0 aliphatic rings. The first-order valence-corrected chi connectivity index (χ1v) is 11.8. The number of hydrogen-bond acceptors (Lipinski definition) is 7. The number of hydrogen-bond donors (Lipinski definition) is 0. The third-order valence-electron chi connectivity index (χ3n) is 5.05. The van der Waals surface area contributed by atoms with Crippen LogP contribution in [0, 0.1) is 11.8 Å². The van der Waals surface area contributed by atoms with Crippen molar-refractivity contribution in [3.63, 3.8) is 0 Å².